The third-order valence-corrected chi connectivity index (χ3v) is 10.4. The smallest absolute Gasteiger partial charge is 0.0508 e. The van der Waals surface area contributed by atoms with Crippen LogP contribution >= 0.6 is 0 Å². The molecule has 1 nitrogen and oxygen atoms in total. The third kappa shape index (κ3) is 4.94. The Labute approximate surface area is 294 Å². The molecule has 0 bridgehead atoms. The van der Waals surface area contributed by atoms with Gasteiger partial charge in [-0.1, -0.05) is 153 Å². The first-order chi connectivity index (χ1) is 24.6. The summed E-state index contributed by atoms with van der Waals surface area (Å²) in [6, 6.07) is 68.6. The predicted octanol–water partition coefficient (Wildman–Crippen LogP) is 13.6. The van der Waals surface area contributed by atoms with E-state index in [1.165, 1.54) is 72.1 Å². The van der Waals surface area contributed by atoms with Gasteiger partial charge in [-0.15, -0.1) is 0 Å². The molecule has 0 fully saturated rings. The highest BCUT2D eigenvalue weighted by Gasteiger charge is 2.38. The maximum absolute atomic E-state index is 2.43. The Morgan fingerprint density at radius 3 is 1.50 bits per heavy atom. The first-order valence-electron chi connectivity index (χ1n) is 17.4. The maximum atomic E-state index is 2.43. The fraction of sp³-hybridized carbons (Fsp3) is 0.0612. The Kier molecular flexibility index (Phi) is 7.21. The fourth-order valence-electron chi connectivity index (χ4n) is 8.11. The minimum atomic E-state index is -0.264. The Balaban J connectivity index is 1.36. The van der Waals surface area contributed by atoms with Gasteiger partial charge in [-0.25, -0.2) is 0 Å². The number of anilines is 3. The standard InChI is InChI=1S/C49H37N/c1-49(2)44-27-15-21-36-29-30-42(39-32-37(34-17-7-3-8-18-34)31-38(33-39)35-19-9-4-10-20-35)47(46(36)44)43-26-16-28-45(48(43)49)50(40-22-11-5-12-23-40)41-24-13-6-14-25-41/h3-33H,1-2H3. The van der Waals surface area contributed by atoms with Crippen LogP contribution in [0.1, 0.15) is 25.0 Å². The zero-order valence-electron chi connectivity index (χ0n) is 28.3. The summed E-state index contributed by atoms with van der Waals surface area (Å²) < 4.78 is 0. The van der Waals surface area contributed by atoms with Crippen LogP contribution < -0.4 is 4.90 Å². The number of nitrogens with zero attached hydrogens (tertiary/aromatic N) is 1. The number of benzene rings is 8. The summed E-state index contributed by atoms with van der Waals surface area (Å²) in [5, 5.41) is 2.62. The summed E-state index contributed by atoms with van der Waals surface area (Å²) in [7, 11) is 0. The Bertz CT molecular complexity index is 2380. The monoisotopic (exact) mass is 639 g/mol. The zero-order valence-corrected chi connectivity index (χ0v) is 28.3. The molecule has 0 aromatic heterocycles. The van der Waals surface area contributed by atoms with Crippen LogP contribution in [0.15, 0.2) is 188 Å². The van der Waals surface area contributed by atoms with E-state index in [4.69, 9.17) is 0 Å². The van der Waals surface area contributed by atoms with Gasteiger partial charge in [-0.2, -0.15) is 0 Å². The van der Waals surface area contributed by atoms with Crippen molar-refractivity contribution < 1.29 is 0 Å². The molecule has 1 heteroatoms. The zero-order chi connectivity index (χ0) is 33.7. The van der Waals surface area contributed by atoms with Crippen LogP contribution in [0, 0.1) is 0 Å². The third-order valence-electron chi connectivity index (χ3n) is 10.4. The van der Waals surface area contributed by atoms with E-state index in [0.717, 1.165) is 11.4 Å². The lowest BCUT2D eigenvalue weighted by atomic mass is 9.66. The van der Waals surface area contributed by atoms with Crippen molar-refractivity contribution >= 4 is 27.8 Å². The van der Waals surface area contributed by atoms with Gasteiger partial charge in [0.25, 0.3) is 0 Å². The minimum Gasteiger partial charge on any atom is -0.310 e. The second-order valence-corrected chi connectivity index (χ2v) is 13.8. The van der Waals surface area contributed by atoms with Gasteiger partial charge in [-0.05, 0) is 115 Å². The molecule has 0 saturated carbocycles. The van der Waals surface area contributed by atoms with Crippen molar-refractivity contribution in [2.75, 3.05) is 4.90 Å². The summed E-state index contributed by atoms with van der Waals surface area (Å²) in [5.41, 5.74) is 15.8. The van der Waals surface area contributed by atoms with E-state index in [9.17, 15) is 0 Å². The lowest BCUT2D eigenvalue weighted by molar-refractivity contribution is 0.646. The van der Waals surface area contributed by atoms with E-state index >= 15 is 0 Å². The van der Waals surface area contributed by atoms with Crippen molar-refractivity contribution in [3.05, 3.63) is 199 Å². The molecular formula is C49H37N. The second-order valence-electron chi connectivity index (χ2n) is 13.8. The molecular weight excluding hydrogens is 603 g/mol. The number of rotatable bonds is 6. The molecule has 8 aromatic rings. The summed E-state index contributed by atoms with van der Waals surface area (Å²) in [4.78, 5) is 2.43. The molecule has 0 atom stereocenters. The molecule has 1 aliphatic carbocycles. The first kappa shape index (κ1) is 29.9. The Morgan fingerprint density at radius 2 is 0.920 bits per heavy atom. The second kappa shape index (κ2) is 12.1. The molecule has 0 radical (unpaired) electrons. The average molecular weight is 640 g/mol. The van der Waals surface area contributed by atoms with Gasteiger partial charge in [0, 0.05) is 16.8 Å². The first-order valence-corrected chi connectivity index (χ1v) is 17.4. The molecule has 0 aliphatic heterocycles. The van der Waals surface area contributed by atoms with Gasteiger partial charge in [0.15, 0.2) is 0 Å². The highest BCUT2D eigenvalue weighted by molar-refractivity contribution is 6.11. The van der Waals surface area contributed by atoms with Gasteiger partial charge in [0.1, 0.15) is 0 Å². The van der Waals surface area contributed by atoms with Crippen LogP contribution in [-0.4, -0.2) is 0 Å². The number of para-hydroxylation sites is 2. The average Bonchev–Trinajstić information content (AvgIpc) is 3.18. The van der Waals surface area contributed by atoms with Crippen LogP contribution in [0.4, 0.5) is 17.1 Å². The fourth-order valence-corrected chi connectivity index (χ4v) is 8.11. The van der Waals surface area contributed by atoms with Crippen molar-refractivity contribution in [2.24, 2.45) is 0 Å². The van der Waals surface area contributed by atoms with E-state index < -0.39 is 0 Å². The number of hydrogen-bond acceptors (Lipinski definition) is 1. The van der Waals surface area contributed by atoms with Crippen LogP contribution in [-0.2, 0) is 5.41 Å². The summed E-state index contributed by atoms with van der Waals surface area (Å²) in [6.45, 7) is 4.80. The molecule has 0 N–H and O–H groups in total. The van der Waals surface area contributed by atoms with Gasteiger partial charge in [0.05, 0.1) is 5.69 Å². The van der Waals surface area contributed by atoms with Gasteiger partial charge < -0.3 is 4.90 Å². The van der Waals surface area contributed by atoms with E-state index in [1.54, 1.807) is 0 Å². The Morgan fingerprint density at radius 1 is 0.400 bits per heavy atom. The lowest BCUT2D eigenvalue weighted by Crippen LogP contribution is -2.27. The predicted molar refractivity (Wildman–Crippen MR) is 213 cm³/mol. The van der Waals surface area contributed by atoms with Crippen molar-refractivity contribution in [2.45, 2.75) is 19.3 Å². The molecule has 0 amide bonds. The molecule has 9 rings (SSSR count). The molecule has 238 valence electrons. The van der Waals surface area contributed by atoms with Crippen LogP contribution in [0.3, 0.4) is 0 Å². The van der Waals surface area contributed by atoms with Crippen LogP contribution in [0.5, 0.6) is 0 Å². The summed E-state index contributed by atoms with van der Waals surface area (Å²) >= 11 is 0. The van der Waals surface area contributed by atoms with Gasteiger partial charge in [-0.3, -0.25) is 0 Å². The molecule has 0 spiro atoms. The minimum absolute atomic E-state index is 0.264. The Hall–Kier alpha value is -6.18. The van der Waals surface area contributed by atoms with E-state index in [2.05, 4.69) is 207 Å². The molecule has 0 unspecified atom stereocenters. The normalized spacial score (nSPS) is 12.8. The van der Waals surface area contributed by atoms with E-state index in [0.29, 0.717) is 0 Å². The lowest BCUT2D eigenvalue weighted by Gasteiger charge is -2.40. The summed E-state index contributed by atoms with van der Waals surface area (Å²) in [5.74, 6) is 0. The number of hydrogen-bond donors (Lipinski definition) is 0. The van der Waals surface area contributed by atoms with Crippen molar-refractivity contribution in [1.82, 2.24) is 0 Å². The van der Waals surface area contributed by atoms with E-state index in [1.807, 2.05) is 0 Å². The van der Waals surface area contributed by atoms with Crippen molar-refractivity contribution in [1.29, 1.82) is 0 Å². The molecule has 1 aliphatic rings. The van der Waals surface area contributed by atoms with Gasteiger partial charge in [0.2, 0.25) is 0 Å². The topological polar surface area (TPSA) is 3.24 Å². The van der Waals surface area contributed by atoms with E-state index in [-0.39, 0.29) is 5.41 Å². The number of fused-ring (bicyclic) bond motifs is 2. The molecule has 0 saturated heterocycles. The molecule has 50 heavy (non-hydrogen) atoms. The highest BCUT2D eigenvalue weighted by atomic mass is 15.1. The highest BCUT2D eigenvalue weighted by Crippen LogP contribution is 2.56. The SMILES string of the molecule is CC1(C)c2c(cccc2N(c2ccccc2)c2ccccc2)-c2c(-c3cc(-c4ccccc4)cc(-c4ccccc4)c3)ccc3cccc1c23. The largest absolute Gasteiger partial charge is 0.310 e. The van der Waals surface area contributed by atoms with Crippen LogP contribution in [0.2, 0.25) is 0 Å². The molecule has 0 heterocycles. The quantitative estimate of drug-likeness (QED) is 0.175. The van der Waals surface area contributed by atoms with Crippen molar-refractivity contribution in [3.8, 4) is 44.5 Å². The summed E-state index contributed by atoms with van der Waals surface area (Å²) in [6.07, 6.45) is 0. The molecule has 8 aromatic carbocycles. The van der Waals surface area contributed by atoms with Crippen molar-refractivity contribution in [3.63, 3.8) is 0 Å². The van der Waals surface area contributed by atoms with Crippen LogP contribution in [0.25, 0.3) is 55.3 Å². The van der Waals surface area contributed by atoms with Gasteiger partial charge >= 0.3 is 0 Å². The maximum Gasteiger partial charge on any atom is 0.0508 e.